The molecule has 0 spiro atoms. The van der Waals surface area contributed by atoms with Crippen LogP contribution in [0.2, 0.25) is 0 Å². The van der Waals surface area contributed by atoms with E-state index < -0.39 is 0 Å². The molecule has 0 unspecified atom stereocenters. The standard InChI is InChI=1S/C9H6S/c10-8-4-7-9-5-2-1-3-6-9/h1-3,5-6,8H. The van der Waals surface area contributed by atoms with Crippen LogP contribution in [-0.2, 0) is 0 Å². The van der Waals surface area contributed by atoms with Gasteiger partial charge < -0.3 is 0 Å². The van der Waals surface area contributed by atoms with Crippen LogP contribution in [0.3, 0.4) is 0 Å². The lowest BCUT2D eigenvalue weighted by Crippen LogP contribution is -1.69. The minimum absolute atomic E-state index is 1.00. The second-order valence-corrected chi connectivity index (χ2v) is 1.99. The van der Waals surface area contributed by atoms with Gasteiger partial charge in [0.1, 0.15) is 0 Å². The van der Waals surface area contributed by atoms with E-state index >= 15 is 0 Å². The SMILES string of the molecule is S=CC#Cc1ccccc1. The summed E-state index contributed by atoms with van der Waals surface area (Å²) in [7, 11) is 0. The van der Waals surface area contributed by atoms with Crippen molar-refractivity contribution in [1.82, 2.24) is 0 Å². The molecule has 0 heterocycles. The highest BCUT2D eigenvalue weighted by Crippen LogP contribution is 1.93. The molecule has 1 rings (SSSR count). The van der Waals surface area contributed by atoms with Crippen LogP contribution < -0.4 is 0 Å². The summed E-state index contributed by atoms with van der Waals surface area (Å²) >= 11 is 4.55. The van der Waals surface area contributed by atoms with E-state index in [1.165, 1.54) is 5.37 Å². The Labute approximate surface area is 65.9 Å². The molecule has 1 heteroatoms. The molecule has 1 aromatic carbocycles. The van der Waals surface area contributed by atoms with Gasteiger partial charge in [-0.25, -0.2) is 0 Å². The third-order valence-electron chi connectivity index (χ3n) is 1.05. The molecule has 0 aliphatic carbocycles. The zero-order valence-electron chi connectivity index (χ0n) is 5.37. The van der Waals surface area contributed by atoms with Crippen molar-refractivity contribution in [3.05, 3.63) is 35.9 Å². The van der Waals surface area contributed by atoms with Crippen molar-refractivity contribution in [2.24, 2.45) is 0 Å². The van der Waals surface area contributed by atoms with E-state index in [2.05, 4.69) is 24.1 Å². The van der Waals surface area contributed by atoms with E-state index in [1.54, 1.807) is 0 Å². The Balaban J connectivity index is 2.86. The van der Waals surface area contributed by atoms with E-state index in [1.807, 2.05) is 30.3 Å². The molecule has 48 valence electrons. The Morgan fingerprint density at radius 2 is 1.90 bits per heavy atom. The van der Waals surface area contributed by atoms with Crippen molar-refractivity contribution in [2.75, 3.05) is 0 Å². The maximum absolute atomic E-state index is 4.55. The third kappa shape index (κ3) is 2.00. The van der Waals surface area contributed by atoms with Crippen molar-refractivity contribution in [3.63, 3.8) is 0 Å². The fourth-order valence-electron chi connectivity index (χ4n) is 0.634. The van der Waals surface area contributed by atoms with E-state index in [4.69, 9.17) is 0 Å². The van der Waals surface area contributed by atoms with Crippen molar-refractivity contribution in [2.45, 2.75) is 0 Å². The highest BCUT2D eigenvalue weighted by Gasteiger charge is 1.78. The Morgan fingerprint density at radius 1 is 1.20 bits per heavy atom. The first-order chi connectivity index (χ1) is 4.93. The maximum atomic E-state index is 4.55. The Morgan fingerprint density at radius 3 is 2.50 bits per heavy atom. The Hall–Kier alpha value is -1.13. The molecule has 0 aliphatic rings. The van der Waals surface area contributed by atoms with Gasteiger partial charge in [0.2, 0.25) is 0 Å². The van der Waals surface area contributed by atoms with Crippen LogP contribution in [0.4, 0.5) is 0 Å². The maximum Gasteiger partial charge on any atom is 0.0518 e. The van der Waals surface area contributed by atoms with Crippen molar-refractivity contribution in [1.29, 1.82) is 0 Å². The minimum Gasteiger partial charge on any atom is -0.0789 e. The number of thiocarbonyl (C=S) groups is 1. The summed E-state index contributed by atoms with van der Waals surface area (Å²) in [6, 6.07) is 9.76. The molecule has 0 saturated carbocycles. The van der Waals surface area contributed by atoms with Gasteiger partial charge in [-0.05, 0) is 12.1 Å². The fourth-order valence-corrected chi connectivity index (χ4v) is 0.693. The Bertz CT molecular complexity index is 264. The molecule has 0 amide bonds. The molecule has 0 nitrogen and oxygen atoms in total. The molecule has 0 radical (unpaired) electrons. The third-order valence-corrected chi connectivity index (χ3v) is 1.17. The molecule has 0 aromatic heterocycles. The predicted octanol–water partition coefficient (Wildman–Crippen LogP) is 2.04. The smallest absolute Gasteiger partial charge is 0.0518 e. The number of rotatable bonds is 0. The van der Waals surface area contributed by atoms with Crippen LogP contribution in [0.15, 0.2) is 30.3 Å². The first-order valence-electron chi connectivity index (χ1n) is 2.94. The van der Waals surface area contributed by atoms with Crippen LogP contribution in [0.25, 0.3) is 0 Å². The second-order valence-electron chi connectivity index (χ2n) is 1.75. The van der Waals surface area contributed by atoms with Crippen molar-refractivity contribution in [3.8, 4) is 11.8 Å². The molecule has 0 atom stereocenters. The summed E-state index contributed by atoms with van der Waals surface area (Å²) in [4.78, 5) is 0. The summed E-state index contributed by atoms with van der Waals surface area (Å²) in [5.41, 5.74) is 1.00. The molecule has 0 bridgehead atoms. The first-order valence-corrected chi connectivity index (χ1v) is 3.41. The van der Waals surface area contributed by atoms with E-state index in [0.29, 0.717) is 0 Å². The summed E-state index contributed by atoms with van der Waals surface area (Å²) in [5, 5.41) is 1.42. The average molecular weight is 146 g/mol. The molecule has 1 aromatic rings. The lowest BCUT2D eigenvalue weighted by molar-refractivity contribution is 1.65. The van der Waals surface area contributed by atoms with E-state index in [9.17, 15) is 0 Å². The van der Waals surface area contributed by atoms with Gasteiger partial charge in [0.05, 0.1) is 5.37 Å². The quantitative estimate of drug-likeness (QED) is 0.398. The summed E-state index contributed by atoms with van der Waals surface area (Å²) in [5.74, 6) is 5.59. The highest BCUT2D eigenvalue weighted by molar-refractivity contribution is 7.79. The van der Waals surface area contributed by atoms with Crippen LogP contribution in [0, 0.1) is 11.8 Å². The van der Waals surface area contributed by atoms with Crippen LogP contribution in [-0.4, -0.2) is 5.37 Å². The summed E-state index contributed by atoms with van der Waals surface area (Å²) in [6.07, 6.45) is 0. The van der Waals surface area contributed by atoms with Gasteiger partial charge in [-0.1, -0.05) is 42.3 Å². The van der Waals surface area contributed by atoms with Crippen LogP contribution in [0.1, 0.15) is 5.56 Å². The second kappa shape index (κ2) is 3.81. The van der Waals surface area contributed by atoms with Gasteiger partial charge in [-0.15, -0.1) is 0 Å². The first kappa shape index (κ1) is 6.98. The molecular weight excluding hydrogens is 140 g/mol. The molecule has 10 heavy (non-hydrogen) atoms. The van der Waals surface area contributed by atoms with Gasteiger partial charge in [0, 0.05) is 5.56 Å². The van der Waals surface area contributed by atoms with Gasteiger partial charge in [0.25, 0.3) is 0 Å². The lowest BCUT2D eigenvalue weighted by atomic mass is 10.2. The van der Waals surface area contributed by atoms with Gasteiger partial charge >= 0.3 is 0 Å². The molecule has 0 saturated heterocycles. The summed E-state index contributed by atoms with van der Waals surface area (Å²) < 4.78 is 0. The van der Waals surface area contributed by atoms with Gasteiger partial charge in [-0.2, -0.15) is 0 Å². The van der Waals surface area contributed by atoms with E-state index in [-0.39, 0.29) is 0 Å². The van der Waals surface area contributed by atoms with Gasteiger partial charge in [-0.3, -0.25) is 0 Å². The normalized spacial score (nSPS) is 7.60. The van der Waals surface area contributed by atoms with E-state index in [0.717, 1.165) is 5.56 Å². The van der Waals surface area contributed by atoms with Crippen LogP contribution >= 0.6 is 12.2 Å². The molecule has 0 N–H and O–H groups in total. The zero-order valence-corrected chi connectivity index (χ0v) is 6.19. The highest BCUT2D eigenvalue weighted by atomic mass is 32.1. The molecule has 0 aliphatic heterocycles. The monoisotopic (exact) mass is 146 g/mol. The molecular formula is C9H6S. The minimum atomic E-state index is 1.00. The fraction of sp³-hybridized carbons (Fsp3) is 0. The van der Waals surface area contributed by atoms with Gasteiger partial charge in [0.15, 0.2) is 0 Å². The average Bonchev–Trinajstić information content (AvgIpc) is 2.03. The number of benzene rings is 1. The molecule has 0 fully saturated rings. The van der Waals surface area contributed by atoms with Crippen LogP contribution in [0.5, 0.6) is 0 Å². The Kier molecular flexibility index (Phi) is 2.66. The largest absolute Gasteiger partial charge is 0.0789 e. The topological polar surface area (TPSA) is 0 Å². The lowest BCUT2D eigenvalue weighted by Gasteiger charge is -1.83. The van der Waals surface area contributed by atoms with Crippen molar-refractivity contribution < 1.29 is 0 Å². The number of hydrogen-bond acceptors (Lipinski definition) is 1. The number of hydrogen-bond donors (Lipinski definition) is 0. The summed E-state index contributed by atoms with van der Waals surface area (Å²) in [6.45, 7) is 0. The zero-order chi connectivity index (χ0) is 7.23. The predicted molar refractivity (Wildman–Crippen MR) is 47.0 cm³/mol. The van der Waals surface area contributed by atoms with Crippen molar-refractivity contribution >= 4 is 17.6 Å².